The number of pyridine rings is 2. The van der Waals surface area contributed by atoms with Crippen molar-refractivity contribution in [3.8, 4) is 10.4 Å². The number of nitrogens with two attached hydrogens (primary N) is 2. The van der Waals surface area contributed by atoms with Crippen molar-refractivity contribution in [2.75, 3.05) is 5.73 Å². The number of rotatable bonds is 3. The van der Waals surface area contributed by atoms with Gasteiger partial charge in [0.15, 0.2) is 0 Å². The molecule has 1 saturated carbocycles. The van der Waals surface area contributed by atoms with Crippen LogP contribution >= 0.6 is 11.3 Å². The minimum atomic E-state index is -1.22. The predicted octanol–water partition coefficient (Wildman–Crippen LogP) is 3.83. The monoisotopic (exact) mass is 409 g/mol. The molecule has 0 radical (unpaired) electrons. The molecule has 0 aromatic carbocycles. The molecule has 1 atom stereocenters. The average Bonchev–Trinajstić information content (AvgIpc) is 3.42. The Morgan fingerprint density at radius 1 is 1.21 bits per heavy atom. The zero-order chi connectivity index (χ0) is 20.4. The van der Waals surface area contributed by atoms with Crippen LogP contribution in [0.5, 0.6) is 0 Å². The number of carboxylic acids is 1. The van der Waals surface area contributed by atoms with Gasteiger partial charge >= 0.3 is 5.97 Å². The minimum Gasteiger partial charge on any atom is -0.477 e. The molecule has 0 bridgehead atoms. The van der Waals surface area contributed by atoms with E-state index in [1.165, 1.54) is 14.8 Å². The zero-order valence-electron chi connectivity index (χ0n) is 16.2. The number of thiophene rings is 1. The number of aryl methyl sites for hydroxylation is 2. The summed E-state index contributed by atoms with van der Waals surface area (Å²) in [5.74, 6) is -0.666. The van der Waals surface area contributed by atoms with Crippen LogP contribution in [0.25, 0.3) is 16.0 Å². The molecule has 1 fully saturated rings. The normalized spacial score (nSPS) is 18.8. The highest BCUT2D eigenvalue weighted by Crippen LogP contribution is 2.45. The molecule has 2 aliphatic carbocycles. The lowest BCUT2D eigenvalue weighted by Crippen LogP contribution is -2.25. The van der Waals surface area contributed by atoms with E-state index in [1.807, 2.05) is 6.92 Å². The molecule has 0 spiro atoms. The van der Waals surface area contributed by atoms with E-state index >= 15 is 0 Å². The van der Waals surface area contributed by atoms with Gasteiger partial charge in [0, 0.05) is 21.4 Å². The van der Waals surface area contributed by atoms with Gasteiger partial charge < -0.3 is 16.6 Å². The molecule has 7 heteroatoms. The average molecular weight is 410 g/mol. The summed E-state index contributed by atoms with van der Waals surface area (Å²) >= 11 is 1.75. The van der Waals surface area contributed by atoms with Gasteiger partial charge in [0.05, 0.1) is 5.52 Å². The number of hydrogen-bond acceptors (Lipinski definition) is 5. The summed E-state index contributed by atoms with van der Waals surface area (Å²) in [6, 6.07) is 5.60. The predicted molar refractivity (Wildman–Crippen MR) is 115 cm³/mol. The highest BCUT2D eigenvalue weighted by Gasteiger charge is 2.30. The molecule has 2 aliphatic rings. The maximum absolute atomic E-state index is 12.9. The van der Waals surface area contributed by atoms with Gasteiger partial charge in [-0.2, -0.15) is 0 Å². The summed E-state index contributed by atoms with van der Waals surface area (Å²) in [4.78, 5) is 26.9. The molecular weight excluding hydrogens is 386 g/mol. The maximum atomic E-state index is 12.9. The van der Waals surface area contributed by atoms with Gasteiger partial charge in [0.2, 0.25) is 0 Å². The molecule has 3 aromatic heterocycles. The van der Waals surface area contributed by atoms with Crippen molar-refractivity contribution in [2.45, 2.75) is 51.0 Å². The van der Waals surface area contributed by atoms with Crippen LogP contribution in [0.1, 0.15) is 69.6 Å². The fraction of sp³-hybridized carbons (Fsp3) is 0.364. The summed E-state index contributed by atoms with van der Waals surface area (Å²) in [6.45, 7) is 1.99. The standard InChI is InChI=1S/C22H23N3O3S/c1-10-12(18-8-14-16(23)3-2-4-17(14)29-18)9-19(24)25-20(10)13(11-5-6-11)7-15(21(25)26)22(27)28/h7-9,11,16H,2-6,23-24H2,1H3,(H,27,28). The highest BCUT2D eigenvalue weighted by molar-refractivity contribution is 7.15. The second-order valence-electron chi connectivity index (χ2n) is 8.18. The second-order valence-corrected chi connectivity index (χ2v) is 9.31. The van der Waals surface area contributed by atoms with Crippen molar-refractivity contribution < 1.29 is 9.90 Å². The van der Waals surface area contributed by atoms with E-state index in [-0.39, 0.29) is 23.3 Å². The molecule has 29 heavy (non-hydrogen) atoms. The van der Waals surface area contributed by atoms with Crippen molar-refractivity contribution in [2.24, 2.45) is 5.73 Å². The van der Waals surface area contributed by atoms with Crippen LogP contribution in [0, 0.1) is 6.92 Å². The molecule has 3 aromatic rings. The van der Waals surface area contributed by atoms with Crippen LogP contribution in [-0.2, 0) is 6.42 Å². The van der Waals surface area contributed by atoms with Crippen molar-refractivity contribution in [3.05, 3.63) is 55.7 Å². The van der Waals surface area contributed by atoms with Gasteiger partial charge in [-0.1, -0.05) is 0 Å². The van der Waals surface area contributed by atoms with Crippen LogP contribution in [0.2, 0.25) is 0 Å². The first-order valence-corrected chi connectivity index (χ1v) is 10.8. The SMILES string of the molecule is Cc1c(-c2cc3c(s2)CCCC3N)cc(N)n2c(=O)c(C(=O)O)cc(C3CC3)c12. The summed E-state index contributed by atoms with van der Waals surface area (Å²) < 4.78 is 1.38. The summed E-state index contributed by atoms with van der Waals surface area (Å²) in [5, 5.41) is 9.50. The fourth-order valence-corrected chi connectivity index (χ4v) is 5.90. The number of carboxylic acid groups (broad SMARTS) is 1. The summed E-state index contributed by atoms with van der Waals surface area (Å²) in [7, 11) is 0. The first kappa shape index (κ1) is 18.4. The third kappa shape index (κ3) is 2.80. The van der Waals surface area contributed by atoms with E-state index in [1.54, 1.807) is 23.5 Å². The largest absolute Gasteiger partial charge is 0.477 e. The van der Waals surface area contributed by atoms with Crippen molar-refractivity contribution >= 4 is 28.6 Å². The number of nitrogen functional groups attached to an aromatic ring is 1. The Morgan fingerprint density at radius 3 is 2.62 bits per heavy atom. The number of aromatic carboxylic acids is 1. The smallest absolute Gasteiger partial charge is 0.341 e. The molecule has 0 amide bonds. The number of nitrogens with zero attached hydrogens (tertiary/aromatic N) is 1. The van der Waals surface area contributed by atoms with Gasteiger partial charge in [0.25, 0.3) is 5.56 Å². The maximum Gasteiger partial charge on any atom is 0.341 e. The molecule has 3 heterocycles. The molecule has 0 aliphatic heterocycles. The summed E-state index contributed by atoms with van der Waals surface area (Å²) in [6.07, 6.45) is 5.15. The van der Waals surface area contributed by atoms with E-state index in [0.717, 1.165) is 59.2 Å². The molecule has 6 nitrogen and oxygen atoms in total. The van der Waals surface area contributed by atoms with Gasteiger partial charge in [-0.15, -0.1) is 11.3 Å². The lowest BCUT2D eigenvalue weighted by molar-refractivity contribution is 0.0694. The van der Waals surface area contributed by atoms with Crippen molar-refractivity contribution in [3.63, 3.8) is 0 Å². The highest BCUT2D eigenvalue weighted by atomic mass is 32.1. The molecule has 5 N–H and O–H groups in total. The Labute approximate surface area is 171 Å². The molecular formula is C22H23N3O3S. The Hall–Kier alpha value is -2.64. The third-order valence-electron chi connectivity index (χ3n) is 6.21. The van der Waals surface area contributed by atoms with Crippen molar-refractivity contribution in [1.82, 2.24) is 4.40 Å². The van der Waals surface area contributed by atoms with Crippen molar-refractivity contribution in [1.29, 1.82) is 0 Å². The lowest BCUT2D eigenvalue weighted by atomic mass is 9.93. The Morgan fingerprint density at radius 2 is 1.97 bits per heavy atom. The van der Waals surface area contributed by atoms with Gasteiger partial charge in [-0.25, -0.2) is 4.79 Å². The topological polar surface area (TPSA) is 111 Å². The number of aromatic nitrogens is 1. The van der Waals surface area contributed by atoms with E-state index in [2.05, 4.69) is 6.07 Å². The van der Waals surface area contributed by atoms with Gasteiger partial charge in [-0.3, -0.25) is 9.20 Å². The van der Waals surface area contributed by atoms with E-state index in [4.69, 9.17) is 11.5 Å². The number of carbonyl (C=O) groups is 1. The molecule has 150 valence electrons. The first-order valence-electron chi connectivity index (χ1n) is 9.97. The van der Waals surface area contributed by atoms with Crippen LogP contribution in [0.15, 0.2) is 23.0 Å². The quantitative estimate of drug-likeness (QED) is 0.609. The van der Waals surface area contributed by atoms with E-state index in [9.17, 15) is 14.7 Å². The Kier molecular flexibility index (Phi) is 4.08. The van der Waals surface area contributed by atoms with Crippen LogP contribution in [-0.4, -0.2) is 15.5 Å². The number of anilines is 1. The van der Waals surface area contributed by atoms with Gasteiger partial charge in [0.1, 0.15) is 11.4 Å². The molecule has 5 rings (SSSR count). The fourth-order valence-electron chi connectivity index (χ4n) is 4.55. The number of fused-ring (bicyclic) bond motifs is 2. The molecule has 1 unspecified atom stereocenters. The van der Waals surface area contributed by atoms with E-state index in [0.29, 0.717) is 0 Å². The number of hydrogen-bond donors (Lipinski definition) is 3. The second kappa shape index (κ2) is 6.43. The Balaban J connectivity index is 1.81. The zero-order valence-corrected chi connectivity index (χ0v) is 17.0. The van der Waals surface area contributed by atoms with Gasteiger partial charge in [-0.05, 0) is 79.8 Å². The first-order chi connectivity index (χ1) is 13.9. The van der Waals surface area contributed by atoms with E-state index < -0.39 is 11.5 Å². The lowest BCUT2D eigenvalue weighted by Gasteiger charge is -2.17. The molecule has 0 saturated heterocycles. The minimum absolute atomic E-state index is 0.0737. The van der Waals surface area contributed by atoms with Crippen LogP contribution < -0.4 is 17.0 Å². The third-order valence-corrected chi connectivity index (χ3v) is 7.46. The van der Waals surface area contributed by atoms with Crippen LogP contribution in [0.4, 0.5) is 5.82 Å². The Bertz CT molecular complexity index is 1240. The van der Waals surface area contributed by atoms with Crippen LogP contribution in [0.3, 0.4) is 0 Å². The summed E-state index contributed by atoms with van der Waals surface area (Å²) in [5.41, 5.74) is 16.7.